The first-order valence-corrected chi connectivity index (χ1v) is 9.05. The molecule has 23 heavy (non-hydrogen) atoms. The van der Waals surface area contributed by atoms with Crippen LogP contribution in [0, 0.1) is 0 Å². The van der Waals surface area contributed by atoms with E-state index in [1.54, 1.807) is 24.4 Å². The molecule has 0 amide bonds. The molecule has 0 unspecified atom stereocenters. The maximum Gasteiger partial charge on any atom is 0.175 e. The minimum absolute atomic E-state index is 0.0606. The summed E-state index contributed by atoms with van der Waals surface area (Å²) >= 11 is 13.7. The van der Waals surface area contributed by atoms with Crippen molar-refractivity contribution < 1.29 is 4.79 Å². The minimum Gasteiger partial charge on any atom is -0.360 e. The molecule has 0 spiro atoms. The second-order valence-corrected chi connectivity index (χ2v) is 6.96. The molecule has 0 saturated carbocycles. The van der Waals surface area contributed by atoms with E-state index in [2.05, 4.69) is 18.0 Å². The van der Waals surface area contributed by atoms with E-state index in [1.807, 2.05) is 12.1 Å². The Balaban J connectivity index is 1.84. The lowest BCUT2D eigenvalue weighted by Gasteiger charge is -2.06. The third-order valence-corrected chi connectivity index (χ3v) is 5.74. The van der Waals surface area contributed by atoms with Crippen molar-refractivity contribution in [3.8, 4) is 0 Å². The topological polar surface area (TPSA) is 32.9 Å². The molecule has 0 radical (unpaired) electrons. The van der Waals surface area contributed by atoms with E-state index in [9.17, 15) is 4.79 Å². The summed E-state index contributed by atoms with van der Waals surface area (Å²) in [4.78, 5) is 16.6. The van der Waals surface area contributed by atoms with Gasteiger partial charge in [-0.15, -0.1) is 11.8 Å². The summed E-state index contributed by atoms with van der Waals surface area (Å²) in [5.74, 6) is 0.359. The average Bonchev–Trinajstić information content (AvgIpc) is 2.98. The Morgan fingerprint density at radius 3 is 2.52 bits per heavy atom. The van der Waals surface area contributed by atoms with Crippen molar-refractivity contribution in [3.05, 3.63) is 63.8 Å². The van der Waals surface area contributed by atoms with Gasteiger partial charge >= 0.3 is 0 Å². The normalized spacial score (nSPS) is 11.1. The number of carbonyl (C=O) groups excluding carboxylic acids is 1. The zero-order valence-corrected chi connectivity index (χ0v) is 14.9. The van der Waals surface area contributed by atoms with Crippen LogP contribution in [0.2, 0.25) is 10.0 Å². The Labute approximate surface area is 149 Å². The van der Waals surface area contributed by atoms with Crippen LogP contribution in [0.5, 0.6) is 0 Å². The van der Waals surface area contributed by atoms with Crippen molar-refractivity contribution in [3.63, 3.8) is 0 Å². The van der Waals surface area contributed by atoms with Gasteiger partial charge < -0.3 is 4.98 Å². The Morgan fingerprint density at radius 2 is 1.83 bits per heavy atom. The van der Waals surface area contributed by atoms with Gasteiger partial charge in [0.1, 0.15) is 0 Å². The van der Waals surface area contributed by atoms with E-state index in [0.29, 0.717) is 21.4 Å². The number of para-hydroxylation sites is 1. The summed E-state index contributed by atoms with van der Waals surface area (Å²) in [6, 6.07) is 11.4. The van der Waals surface area contributed by atoms with Crippen molar-refractivity contribution in [2.75, 3.05) is 5.75 Å². The van der Waals surface area contributed by atoms with Crippen LogP contribution in [0.25, 0.3) is 10.9 Å². The molecule has 1 N–H and O–H groups in total. The maximum absolute atomic E-state index is 12.6. The Bertz CT molecular complexity index is 852. The first kappa shape index (κ1) is 16.4. The van der Waals surface area contributed by atoms with Gasteiger partial charge in [0.2, 0.25) is 0 Å². The van der Waals surface area contributed by atoms with Crippen LogP contribution in [-0.4, -0.2) is 16.5 Å². The summed E-state index contributed by atoms with van der Waals surface area (Å²) in [6.07, 6.45) is 2.72. The molecule has 0 aliphatic rings. The third-order valence-electron chi connectivity index (χ3n) is 3.75. The van der Waals surface area contributed by atoms with Crippen molar-refractivity contribution in [1.29, 1.82) is 0 Å². The van der Waals surface area contributed by atoms with Gasteiger partial charge in [-0.1, -0.05) is 54.4 Å². The van der Waals surface area contributed by atoms with Crippen LogP contribution in [0.15, 0.2) is 47.5 Å². The Morgan fingerprint density at radius 1 is 1.13 bits per heavy atom. The number of aromatic nitrogens is 1. The van der Waals surface area contributed by atoms with E-state index in [0.717, 1.165) is 22.2 Å². The second-order valence-electron chi connectivity index (χ2n) is 5.16. The van der Waals surface area contributed by atoms with E-state index < -0.39 is 0 Å². The molecule has 2 aromatic carbocycles. The zero-order valence-electron chi connectivity index (χ0n) is 12.5. The fourth-order valence-electron chi connectivity index (χ4n) is 2.58. The van der Waals surface area contributed by atoms with Crippen LogP contribution in [0.4, 0.5) is 0 Å². The van der Waals surface area contributed by atoms with Gasteiger partial charge in [-0.2, -0.15) is 0 Å². The van der Waals surface area contributed by atoms with Gasteiger partial charge in [-0.3, -0.25) is 4.79 Å². The molecule has 1 aromatic heterocycles. The quantitative estimate of drug-likeness (QED) is 0.444. The predicted molar refractivity (Wildman–Crippen MR) is 99.2 cm³/mol. The number of hydrogen-bond donors (Lipinski definition) is 1. The van der Waals surface area contributed by atoms with Gasteiger partial charge in [-0.25, -0.2) is 0 Å². The second kappa shape index (κ2) is 7.00. The molecule has 118 valence electrons. The Hall–Kier alpha value is -1.42. The number of aromatic amines is 1. The fourth-order valence-corrected chi connectivity index (χ4v) is 4.15. The highest BCUT2D eigenvalue weighted by atomic mass is 35.5. The average molecular weight is 364 g/mol. The van der Waals surface area contributed by atoms with Crippen molar-refractivity contribution in [1.82, 2.24) is 4.98 Å². The minimum atomic E-state index is 0.0606. The lowest BCUT2D eigenvalue weighted by atomic mass is 10.1. The molecule has 1 heterocycles. The number of benzene rings is 2. The number of thioether (sulfide) groups is 1. The van der Waals surface area contributed by atoms with E-state index >= 15 is 0 Å². The van der Waals surface area contributed by atoms with E-state index in [-0.39, 0.29) is 5.78 Å². The molecule has 0 aliphatic heterocycles. The molecule has 0 bridgehead atoms. The Kier molecular flexibility index (Phi) is 5.00. The lowest BCUT2D eigenvalue weighted by molar-refractivity contribution is 0.102. The SMILES string of the molecule is CCc1cccc2c(C(=O)CSc3c(Cl)cccc3Cl)c[nH]c12. The largest absolute Gasteiger partial charge is 0.360 e. The first-order chi connectivity index (χ1) is 11.1. The van der Waals surface area contributed by atoms with Crippen molar-refractivity contribution in [2.45, 2.75) is 18.2 Å². The standard InChI is InChI=1S/C18H15Cl2NOS/c1-2-11-5-3-6-12-13(9-21-17(11)12)16(22)10-23-18-14(19)7-4-8-15(18)20/h3-9,21H,2,10H2,1H3. The predicted octanol–water partition coefficient (Wildman–Crippen LogP) is 6.01. The highest BCUT2D eigenvalue weighted by molar-refractivity contribution is 8.00. The summed E-state index contributed by atoms with van der Waals surface area (Å²) in [5, 5.41) is 2.12. The number of fused-ring (bicyclic) bond motifs is 1. The summed E-state index contributed by atoms with van der Waals surface area (Å²) < 4.78 is 0. The van der Waals surface area contributed by atoms with Crippen LogP contribution in [0.1, 0.15) is 22.8 Å². The summed E-state index contributed by atoms with van der Waals surface area (Å²) in [5.41, 5.74) is 2.97. The highest BCUT2D eigenvalue weighted by Gasteiger charge is 2.15. The molecule has 2 nitrogen and oxygen atoms in total. The molecule has 0 aliphatic carbocycles. The zero-order chi connectivity index (χ0) is 16.4. The van der Waals surface area contributed by atoms with E-state index in [4.69, 9.17) is 23.2 Å². The first-order valence-electron chi connectivity index (χ1n) is 7.30. The van der Waals surface area contributed by atoms with Crippen molar-refractivity contribution in [2.24, 2.45) is 0 Å². The van der Waals surface area contributed by atoms with E-state index in [1.165, 1.54) is 17.3 Å². The number of hydrogen-bond acceptors (Lipinski definition) is 2. The molecule has 3 aromatic rings. The molecule has 3 rings (SSSR count). The smallest absolute Gasteiger partial charge is 0.175 e. The number of rotatable bonds is 5. The third kappa shape index (κ3) is 3.27. The molecule has 0 atom stereocenters. The number of aryl methyl sites for hydroxylation is 1. The number of Topliss-reactive ketones (excluding diaryl/α,β-unsaturated/α-hetero) is 1. The number of halogens is 2. The number of carbonyl (C=O) groups is 1. The molecule has 0 saturated heterocycles. The maximum atomic E-state index is 12.6. The molecule has 0 fully saturated rings. The fraction of sp³-hybridized carbons (Fsp3) is 0.167. The summed E-state index contributed by atoms with van der Waals surface area (Å²) in [6.45, 7) is 2.10. The van der Waals surface area contributed by atoms with Gasteiger partial charge in [0.25, 0.3) is 0 Å². The number of ketones is 1. The lowest BCUT2D eigenvalue weighted by Crippen LogP contribution is -2.01. The van der Waals surface area contributed by atoms with Gasteiger partial charge in [0, 0.05) is 27.6 Å². The summed E-state index contributed by atoms with van der Waals surface area (Å²) in [7, 11) is 0. The van der Waals surface area contributed by atoms with Gasteiger partial charge in [-0.05, 0) is 24.1 Å². The van der Waals surface area contributed by atoms with Gasteiger partial charge in [0.15, 0.2) is 5.78 Å². The van der Waals surface area contributed by atoms with Crippen LogP contribution in [-0.2, 0) is 6.42 Å². The molecule has 5 heteroatoms. The van der Waals surface area contributed by atoms with Gasteiger partial charge in [0.05, 0.1) is 15.8 Å². The monoisotopic (exact) mass is 363 g/mol. The number of nitrogens with one attached hydrogen (secondary N) is 1. The highest BCUT2D eigenvalue weighted by Crippen LogP contribution is 2.34. The van der Waals surface area contributed by atoms with Crippen molar-refractivity contribution >= 4 is 51.6 Å². The molecular formula is C18H15Cl2NOS. The number of H-pyrrole nitrogens is 1. The molecular weight excluding hydrogens is 349 g/mol. The van der Waals surface area contributed by atoms with Crippen LogP contribution >= 0.6 is 35.0 Å². The van der Waals surface area contributed by atoms with Crippen LogP contribution in [0.3, 0.4) is 0 Å². The van der Waals surface area contributed by atoms with Crippen LogP contribution < -0.4 is 0 Å².